The lowest BCUT2D eigenvalue weighted by molar-refractivity contribution is -0.321. The molecule has 1 N–H and O–H groups in total. The summed E-state index contributed by atoms with van der Waals surface area (Å²) < 4.78 is 32.2. The highest BCUT2D eigenvalue weighted by molar-refractivity contribution is 5.31. The van der Waals surface area contributed by atoms with E-state index in [0.717, 1.165) is 36.8 Å². The highest BCUT2D eigenvalue weighted by Crippen LogP contribution is 2.31. The summed E-state index contributed by atoms with van der Waals surface area (Å²) in [5.74, 6) is 0.497. The van der Waals surface area contributed by atoms with E-state index in [1.54, 1.807) is 0 Å². The molecule has 5 atom stereocenters. The Morgan fingerprint density at radius 3 is 2.07 bits per heavy atom. The van der Waals surface area contributed by atoms with Gasteiger partial charge in [-0.1, -0.05) is 98.1 Å². The molecular weight excluding hydrogens is 528 g/mol. The Hall–Kier alpha value is -2.58. The van der Waals surface area contributed by atoms with Crippen molar-refractivity contribution in [3.05, 3.63) is 107 Å². The number of aliphatic hydroxyl groups is 1. The smallest absolute Gasteiger partial charge is 0.186 e. The number of rotatable bonds is 6. The number of fused-ring (bicyclic) bond motifs is 4. The molecule has 2 aliphatic heterocycles. The summed E-state index contributed by atoms with van der Waals surface area (Å²) in [5, 5.41) is 11.7. The SMILES string of the molecule is O[C@H]1[C@@H](OCC2CCCCC2)O[C@@H]2COCc3ccccc3CCc3ccccc3CO[C@H]1[C@@H]2OCc1ccccc1. The molecule has 3 aromatic carbocycles. The predicted molar refractivity (Wildman–Crippen MR) is 161 cm³/mol. The topological polar surface area (TPSA) is 66.4 Å². The van der Waals surface area contributed by atoms with E-state index in [1.165, 1.54) is 36.0 Å². The van der Waals surface area contributed by atoms with Gasteiger partial charge in [0.25, 0.3) is 0 Å². The fraction of sp³-hybridized carbons (Fsp3) is 0.500. The maximum absolute atomic E-state index is 11.7. The zero-order chi connectivity index (χ0) is 28.6. The minimum atomic E-state index is -0.994. The number of benzene rings is 3. The molecule has 0 amide bonds. The third kappa shape index (κ3) is 7.49. The fourth-order valence-electron chi connectivity index (χ4n) is 6.53. The Kier molecular flexibility index (Phi) is 10.3. The van der Waals surface area contributed by atoms with Crippen LogP contribution in [-0.4, -0.2) is 49.0 Å². The molecule has 3 aliphatic rings. The second-order valence-corrected chi connectivity index (χ2v) is 12.0. The van der Waals surface area contributed by atoms with Crippen molar-refractivity contribution >= 4 is 0 Å². The third-order valence-electron chi connectivity index (χ3n) is 8.99. The van der Waals surface area contributed by atoms with E-state index in [9.17, 15) is 5.11 Å². The molecule has 2 heterocycles. The van der Waals surface area contributed by atoms with Gasteiger partial charge in [-0.25, -0.2) is 0 Å². The number of aliphatic hydroxyl groups excluding tert-OH is 1. The maximum Gasteiger partial charge on any atom is 0.186 e. The van der Waals surface area contributed by atoms with Gasteiger partial charge in [0.05, 0.1) is 33.0 Å². The van der Waals surface area contributed by atoms with Gasteiger partial charge in [-0.15, -0.1) is 0 Å². The molecular formula is C36H44O6. The molecule has 1 saturated heterocycles. The van der Waals surface area contributed by atoms with Crippen LogP contribution >= 0.6 is 0 Å². The van der Waals surface area contributed by atoms with Crippen molar-refractivity contribution < 1.29 is 28.8 Å². The molecule has 42 heavy (non-hydrogen) atoms. The van der Waals surface area contributed by atoms with Gasteiger partial charge in [-0.2, -0.15) is 0 Å². The highest BCUT2D eigenvalue weighted by Gasteiger charge is 2.48. The van der Waals surface area contributed by atoms with Crippen LogP contribution in [0.2, 0.25) is 0 Å². The summed E-state index contributed by atoms with van der Waals surface area (Å²) >= 11 is 0. The zero-order valence-electron chi connectivity index (χ0n) is 24.4. The van der Waals surface area contributed by atoms with Crippen molar-refractivity contribution in [2.24, 2.45) is 5.92 Å². The van der Waals surface area contributed by atoms with Crippen molar-refractivity contribution in [3.8, 4) is 0 Å². The van der Waals surface area contributed by atoms with E-state index in [4.69, 9.17) is 23.7 Å². The average Bonchev–Trinajstić information content (AvgIpc) is 3.04. The van der Waals surface area contributed by atoms with Gasteiger partial charge in [-0.05, 0) is 59.4 Å². The van der Waals surface area contributed by atoms with E-state index in [1.807, 2.05) is 30.3 Å². The normalized spacial score (nSPS) is 27.4. The van der Waals surface area contributed by atoms with Crippen molar-refractivity contribution in [2.45, 2.75) is 95.5 Å². The lowest BCUT2D eigenvalue weighted by atomic mass is 9.90. The van der Waals surface area contributed by atoms with Gasteiger partial charge < -0.3 is 28.8 Å². The molecule has 2 bridgehead atoms. The van der Waals surface area contributed by atoms with Crippen molar-refractivity contribution in [1.82, 2.24) is 0 Å². The third-order valence-corrected chi connectivity index (χ3v) is 8.99. The summed E-state index contributed by atoms with van der Waals surface area (Å²) in [6.45, 7) is 2.11. The summed E-state index contributed by atoms with van der Waals surface area (Å²) in [5.41, 5.74) is 5.89. The van der Waals surface area contributed by atoms with Crippen LogP contribution in [0.4, 0.5) is 0 Å². The molecule has 1 aliphatic carbocycles. The molecule has 6 nitrogen and oxygen atoms in total. The van der Waals surface area contributed by atoms with Crippen LogP contribution in [0.25, 0.3) is 0 Å². The molecule has 0 spiro atoms. The summed E-state index contributed by atoms with van der Waals surface area (Å²) in [6, 6.07) is 27.0. The molecule has 1 saturated carbocycles. The molecule has 224 valence electrons. The Morgan fingerprint density at radius 1 is 0.714 bits per heavy atom. The molecule has 0 unspecified atom stereocenters. The van der Waals surface area contributed by atoms with Crippen LogP contribution in [0, 0.1) is 5.92 Å². The van der Waals surface area contributed by atoms with E-state index < -0.39 is 30.7 Å². The average molecular weight is 573 g/mol. The standard InChI is InChI=1S/C36H44O6/c37-33-35-34(39-21-26-11-3-1-4-12-26)32(42-36(33)41-22-27-13-5-2-6-14-27)25-38-23-30-17-9-7-15-28(30)19-20-29-16-8-10-18-31(29)24-40-35/h1,3-4,7-12,15-18,27,32-37H,2,5-6,13-14,19-25H2/t32-,33-,34-,35-,36+/m1/s1. The quantitative estimate of drug-likeness (QED) is 0.382. The van der Waals surface area contributed by atoms with Crippen LogP contribution in [0.5, 0.6) is 0 Å². The van der Waals surface area contributed by atoms with Crippen LogP contribution < -0.4 is 0 Å². The van der Waals surface area contributed by atoms with E-state index >= 15 is 0 Å². The maximum atomic E-state index is 11.7. The first-order valence-corrected chi connectivity index (χ1v) is 15.7. The number of aryl methyl sites for hydroxylation is 2. The summed E-state index contributed by atoms with van der Waals surface area (Å²) in [6.07, 6.45) is 4.45. The van der Waals surface area contributed by atoms with Crippen molar-refractivity contribution in [1.29, 1.82) is 0 Å². The molecule has 2 fully saturated rings. The lowest BCUT2D eigenvalue weighted by Crippen LogP contribution is -2.61. The number of ether oxygens (including phenoxy) is 5. The molecule has 6 rings (SSSR count). The van der Waals surface area contributed by atoms with Crippen molar-refractivity contribution in [3.63, 3.8) is 0 Å². The van der Waals surface area contributed by atoms with Gasteiger partial charge >= 0.3 is 0 Å². The first-order chi connectivity index (χ1) is 20.7. The molecule has 3 aromatic rings. The Morgan fingerprint density at radius 2 is 1.36 bits per heavy atom. The van der Waals surface area contributed by atoms with Gasteiger partial charge in [-0.3, -0.25) is 0 Å². The predicted octanol–water partition coefficient (Wildman–Crippen LogP) is 6.16. The summed E-state index contributed by atoms with van der Waals surface area (Å²) in [4.78, 5) is 0. The summed E-state index contributed by atoms with van der Waals surface area (Å²) in [7, 11) is 0. The van der Waals surface area contributed by atoms with Crippen LogP contribution in [-0.2, 0) is 56.3 Å². The first-order valence-electron chi connectivity index (χ1n) is 15.7. The van der Waals surface area contributed by atoms with Gasteiger partial charge in [0.1, 0.15) is 24.4 Å². The number of hydrogen-bond donors (Lipinski definition) is 1. The molecule has 0 aromatic heterocycles. The molecule has 6 heteroatoms. The van der Waals surface area contributed by atoms with E-state index in [2.05, 4.69) is 48.5 Å². The van der Waals surface area contributed by atoms with Crippen LogP contribution in [0.3, 0.4) is 0 Å². The van der Waals surface area contributed by atoms with Crippen LogP contribution in [0.15, 0.2) is 78.9 Å². The Balaban J connectivity index is 1.28. The van der Waals surface area contributed by atoms with Crippen molar-refractivity contribution in [2.75, 3.05) is 13.2 Å². The lowest BCUT2D eigenvalue weighted by Gasteiger charge is -2.44. The van der Waals surface area contributed by atoms with Gasteiger partial charge in [0.2, 0.25) is 0 Å². The largest absolute Gasteiger partial charge is 0.385 e. The zero-order valence-corrected chi connectivity index (χ0v) is 24.4. The Labute approximate surface area is 249 Å². The minimum absolute atomic E-state index is 0.306. The van der Waals surface area contributed by atoms with Crippen LogP contribution in [0.1, 0.15) is 59.9 Å². The first kappa shape index (κ1) is 29.5. The van der Waals surface area contributed by atoms with E-state index in [-0.39, 0.29) is 0 Å². The Bertz CT molecular complexity index is 1240. The van der Waals surface area contributed by atoms with E-state index in [0.29, 0.717) is 39.0 Å². The second-order valence-electron chi connectivity index (χ2n) is 12.0. The molecule has 0 radical (unpaired) electrons. The monoisotopic (exact) mass is 572 g/mol. The van der Waals surface area contributed by atoms with Gasteiger partial charge in [0.15, 0.2) is 6.29 Å². The van der Waals surface area contributed by atoms with Gasteiger partial charge in [0, 0.05) is 0 Å². The fourth-order valence-corrected chi connectivity index (χ4v) is 6.53. The minimum Gasteiger partial charge on any atom is -0.385 e. The second kappa shape index (κ2) is 14.7. The highest BCUT2D eigenvalue weighted by atomic mass is 16.7. The number of hydrogen-bond acceptors (Lipinski definition) is 6.